The molecule has 3 aromatic rings. The van der Waals surface area contributed by atoms with Gasteiger partial charge < -0.3 is 0 Å². The molecule has 0 bridgehead atoms. The van der Waals surface area contributed by atoms with Crippen molar-refractivity contribution >= 4 is 11.3 Å². The average Bonchev–Trinajstić information content (AvgIpc) is 3.32. The van der Waals surface area contributed by atoms with Crippen molar-refractivity contribution in [2.24, 2.45) is 0 Å². The van der Waals surface area contributed by atoms with Crippen molar-refractivity contribution in [2.45, 2.75) is 51.2 Å². The van der Waals surface area contributed by atoms with Gasteiger partial charge in [0.05, 0.1) is 13.1 Å². The lowest BCUT2D eigenvalue weighted by molar-refractivity contribution is 0.148. The van der Waals surface area contributed by atoms with E-state index in [-0.39, 0.29) is 5.41 Å². The molecule has 1 spiro atoms. The lowest BCUT2D eigenvalue weighted by atomic mass is 9.77. The minimum absolute atomic E-state index is 0.111. The number of hydrogen-bond acceptors (Lipinski definition) is 6. The summed E-state index contributed by atoms with van der Waals surface area (Å²) >= 11 is 1.71. The summed E-state index contributed by atoms with van der Waals surface area (Å²) in [6.07, 6.45) is 2.79. The number of aromatic nitrogens is 4. The second kappa shape index (κ2) is 7.59. The van der Waals surface area contributed by atoms with Crippen molar-refractivity contribution in [1.29, 1.82) is 0 Å². The van der Waals surface area contributed by atoms with Crippen LogP contribution in [0.5, 0.6) is 0 Å². The molecule has 2 aliphatic rings. The maximum absolute atomic E-state index is 12.8. The first kappa shape index (κ1) is 19.4. The van der Waals surface area contributed by atoms with Crippen molar-refractivity contribution in [3.63, 3.8) is 0 Å². The molecule has 2 aromatic heterocycles. The molecule has 0 N–H and O–H groups in total. The van der Waals surface area contributed by atoms with Crippen molar-refractivity contribution in [2.75, 3.05) is 13.1 Å². The molecule has 0 amide bonds. The third-order valence-electron chi connectivity index (χ3n) is 6.44. The number of hydrogen-bond donors (Lipinski definition) is 0. The van der Waals surface area contributed by atoms with Crippen LogP contribution in [0.4, 0.5) is 0 Å². The Morgan fingerprint density at radius 3 is 2.43 bits per heavy atom. The average molecular weight is 424 g/mol. The first-order chi connectivity index (χ1) is 14.5. The van der Waals surface area contributed by atoms with Crippen LogP contribution in [0.3, 0.4) is 0 Å². The van der Waals surface area contributed by atoms with Gasteiger partial charge >= 0.3 is 11.1 Å². The number of nitrogens with zero attached hydrogens (tertiary/aromatic N) is 5. The normalized spacial score (nSPS) is 18.0. The van der Waals surface area contributed by atoms with E-state index in [0.717, 1.165) is 61.0 Å². The molecule has 5 rings (SSSR count). The smallest absolute Gasteiger partial charge is 0.297 e. The second-order valence-electron chi connectivity index (χ2n) is 8.42. The Bertz CT molecular complexity index is 1170. The van der Waals surface area contributed by atoms with E-state index in [9.17, 15) is 9.59 Å². The number of rotatable bonds is 4. The molecule has 1 aromatic carbocycles. The number of aryl methyl sites for hydroxylation is 1. The van der Waals surface area contributed by atoms with Crippen molar-refractivity contribution in [3.05, 3.63) is 78.5 Å². The zero-order valence-corrected chi connectivity index (χ0v) is 17.9. The number of piperidine rings is 1. The van der Waals surface area contributed by atoms with Crippen LogP contribution < -0.4 is 11.1 Å². The van der Waals surface area contributed by atoms with Crippen LogP contribution in [0.2, 0.25) is 0 Å². The molecule has 0 radical (unpaired) electrons. The molecule has 0 atom stereocenters. The molecule has 0 saturated carbocycles. The Morgan fingerprint density at radius 1 is 1.00 bits per heavy atom. The minimum atomic E-state index is -0.531. The third-order valence-corrected chi connectivity index (χ3v) is 7.39. The largest absolute Gasteiger partial charge is 0.332 e. The lowest BCUT2D eigenvalue weighted by Gasteiger charge is -2.38. The van der Waals surface area contributed by atoms with Gasteiger partial charge in [-0.15, -0.1) is 11.3 Å². The van der Waals surface area contributed by atoms with Crippen LogP contribution in [0.1, 0.15) is 41.4 Å². The van der Waals surface area contributed by atoms with E-state index in [1.165, 1.54) is 4.68 Å². The summed E-state index contributed by atoms with van der Waals surface area (Å²) in [5.41, 5.74) is 0.968. The van der Waals surface area contributed by atoms with Gasteiger partial charge in [-0.05, 0) is 44.8 Å². The van der Waals surface area contributed by atoms with Gasteiger partial charge in [0.1, 0.15) is 10.8 Å². The van der Waals surface area contributed by atoms with E-state index in [1.807, 2.05) is 37.3 Å². The molecule has 1 saturated heterocycles. The predicted molar refractivity (Wildman–Crippen MR) is 116 cm³/mol. The van der Waals surface area contributed by atoms with Gasteiger partial charge in [0.25, 0.3) is 0 Å². The number of likely N-dealkylation sites (tertiary alicyclic amines) is 1. The Morgan fingerprint density at radius 2 is 1.73 bits per heavy atom. The molecule has 30 heavy (non-hydrogen) atoms. The first-order valence-electron chi connectivity index (χ1n) is 10.4. The molecule has 7 nitrogen and oxygen atoms in total. The monoisotopic (exact) mass is 423 g/mol. The Hall–Kier alpha value is -2.58. The molecule has 0 aliphatic carbocycles. The fourth-order valence-electron chi connectivity index (χ4n) is 4.72. The van der Waals surface area contributed by atoms with E-state index in [0.29, 0.717) is 13.1 Å². The highest BCUT2D eigenvalue weighted by molar-refractivity contribution is 7.09. The SMILES string of the molecule is Cc1csc(CN2CCC3(CC2)CCn2c3nn(Cc3ccccc3)c(=O)c2=O)n1. The van der Waals surface area contributed by atoms with Gasteiger partial charge in [0.15, 0.2) is 0 Å². The summed E-state index contributed by atoms with van der Waals surface area (Å²) < 4.78 is 2.99. The van der Waals surface area contributed by atoms with E-state index in [1.54, 1.807) is 15.9 Å². The van der Waals surface area contributed by atoms with Crippen LogP contribution in [-0.2, 0) is 25.0 Å². The van der Waals surface area contributed by atoms with Gasteiger partial charge in [0.2, 0.25) is 0 Å². The van der Waals surface area contributed by atoms with E-state index >= 15 is 0 Å². The Kier molecular flexibility index (Phi) is 4.91. The van der Waals surface area contributed by atoms with Crippen molar-refractivity contribution in [3.8, 4) is 0 Å². The zero-order valence-electron chi connectivity index (χ0n) is 17.1. The van der Waals surface area contributed by atoms with Crippen LogP contribution in [0.15, 0.2) is 45.3 Å². The highest BCUT2D eigenvalue weighted by atomic mass is 32.1. The maximum Gasteiger partial charge on any atom is 0.332 e. The maximum atomic E-state index is 12.8. The molecule has 8 heteroatoms. The van der Waals surface area contributed by atoms with Crippen LogP contribution in [0, 0.1) is 6.92 Å². The predicted octanol–water partition coefficient (Wildman–Crippen LogP) is 2.16. The molecule has 4 heterocycles. The highest BCUT2D eigenvalue weighted by Crippen LogP contribution is 2.41. The summed E-state index contributed by atoms with van der Waals surface area (Å²) in [6, 6.07) is 9.71. The Labute approximate surface area is 178 Å². The molecule has 2 aliphatic heterocycles. The summed E-state index contributed by atoms with van der Waals surface area (Å²) in [4.78, 5) is 32.4. The number of benzene rings is 1. The minimum Gasteiger partial charge on any atom is -0.297 e. The topological polar surface area (TPSA) is 73.0 Å². The molecular weight excluding hydrogens is 398 g/mol. The van der Waals surface area contributed by atoms with Gasteiger partial charge in [-0.1, -0.05) is 30.3 Å². The van der Waals surface area contributed by atoms with Crippen LogP contribution >= 0.6 is 11.3 Å². The van der Waals surface area contributed by atoms with Gasteiger partial charge in [0, 0.05) is 23.0 Å². The fourth-order valence-corrected chi connectivity index (χ4v) is 5.53. The van der Waals surface area contributed by atoms with E-state index in [2.05, 4.69) is 15.3 Å². The zero-order chi connectivity index (χ0) is 20.7. The second-order valence-corrected chi connectivity index (χ2v) is 9.36. The molecule has 156 valence electrons. The van der Waals surface area contributed by atoms with E-state index < -0.39 is 11.1 Å². The molecular formula is C22H25N5O2S. The highest BCUT2D eigenvalue weighted by Gasteiger charge is 2.44. The quantitative estimate of drug-likeness (QED) is 0.602. The summed E-state index contributed by atoms with van der Waals surface area (Å²) in [5, 5.41) is 7.98. The molecule has 1 fully saturated rings. The van der Waals surface area contributed by atoms with Gasteiger partial charge in [-0.3, -0.25) is 19.1 Å². The van der Waals surface area contributed by atoms with Crippen molar-refractivity contribution in [1.82, 2.24) is 24.2 Å². The number of thiazole rings is 1. The standard InChI is InChI=1S/C22H25N5O2S/c1-16-15-30-18(23-16)14-25-10-7-22(8-11-25)9-12-26-19(28)20(29)27(24-21(22)26)13-17-5-3-2-4-6-17/h2-6,15H,7-14H2,1H3. The third kappa shape index (κ3) is 3.44. The first-order valence-corrected chi connectivity index (χ1v) is 11.3. The van der Waals surface area contributed by atoms with Crippen LogP contribution in [-0.4, -0.2) is 37.3 Å². The Balaban J connectivity index is 1.40. The van der Waals surface area contributed by atoms with E-state index in [4.69, 9.17) is 5.10 Å². The van der Waals surface area contributed by atoms with Gasteiger partial charge in [-0.2, -0.15) is 5.10 Å². The fraction of sp³-hybridized carbons (Fsp3) is 0.455. The number of fused-ring (bicyclic) bond motifs is 2. The summed E-state index contributed by atoms with van der Waals surface area (Å²) in [6.45, 7) is 5.72. The van der Waals surface area contributed by atoms with Crippen LogP contribution in [0.25, 0.3) is 0 Å². The summed E-state index contributed by atoms with van der Waals surface area (Å²) in [5.74, 6) is 0.799. The van der Waals surface area contributed by atoms with Crippen molar-refractivity contribution < 1.29 is 0 Å². The molecule has 0 unspecified atom stereocenters. The lowest BCUT2D eigenvalue weighted by Crippen LogP contribution is -2.47. The van der Waals surface area contributed by atoms with Gasteiger partial charge in [-0.25, -0.2) is 9.67 Å². The summed E-state index contributed by atoms with van der Waals surface area (Å²) in [7, 11) is 0.